The van der Waals surface area contributed by atoms with Gasteiger partial charge in [0.1, 0.15) is 5.60 Å². The Bertz CT molecular complexity index is 836. The van der Waals surface area contributed by atoms with E-state index in [0.29, 0.717) is 5.56 Å². The van der Waals surface area contributed by atoms with Crippen LogP contribution in [0.25, 0.3) is 10.8 Å². The first-order chi connectivity index (χ1) is 12.5. The highest BCUT2D eigenvalue weighted by Gasteiger charge is 2.31. The molecule has 2 rings (SSSR count). The van der Waals surface area contributed by atoms with Crippen LogP contribution >= 0.6 is 0 Å². The molecule has 0 aliphatic carbocycles. The van der Waals surface area contributed by atoms with E-state index in [0.717, 1.165) is 10.8 Å². The van der Waals surface area contributed by atoms with Gasteiger partial charge in [-0.1, -0.05) is 12.1 Å². The number of benzene rings is 2. The van der Waals surface area contributed by atoms with E-state index in [2.05, 4.69) is 0 Å². The average molecular weight is 390 g/mol. The fraction of sp³-hybridized carbons (Fsp3) is 0.455. The number of carbonyl (C=O) groups excluding carboxylic acids is 1. The fourth-order valence-corrected chi connectivity index (χ4v) is 1.84. The Balaban J connectivity index is 0.000000416. The topological polar surface area (TPSA) is 104 Å². The van der Waals surface area contributed by atoms with Gasteiger partial charge >= 0.3 is 11.9 Å². The molecule has 0 unspecified atom stereocenters. The molecule has 0 amide bonds. The summed E-state index contributed by atoms with van der Waals surface area (Å²) in [6.45, 7) is 11.7. The minimum absolute atomic E-state index is 0.225. The number of aliphatic hydroxyl groups is 2. The van der Waals surface area contributed by atoms with Gasteiger partial charge in [0.25, 0.3) is 0 Å². The summed E-state index contributed by atoms with van der Waals surface area (Å²) in [6.07, 6.45) is 0. The van der Waals surface area contributed by atoms with Crippen LogP contribution in [0.4, 0.5) is 0 Å². The normalized spacial score (nSPS) is 12.2. The van der Waals surface area contributed by atoms with Crippen molar-refractivity contribution in [3.8, 4) is 0 Å². The molecule has 2 aromatic carbocycles. The van der Waals surface area contributed by atoms with Gasteiger partial charge in [0, 0.05) is 0 Å². The molecule has 2 aromatic rings. The number of aromatic carboxylic acids is 1. The van der Waals surface area contributed by atoms with Gasteiger partial charge in [-0.05, 0) is 83.5 Å². The van der Waals surface area contributed by atoms with Crippen LogP contribution < -0.4 is 0 Å². The number of fused-ring (bicyclic) bond motifs is 1. The fourth-order valence-electron chi connectivity index (χ4n) is 1.84. The minimum Gasteiger partial charge on any atom is -0.478 e. The Morgan fingerprint density at radius 1 is 0.750 bits per heavy atom. The number of hydrogen-bond acceptors (Lipinski definition) is 5. The van der Waals surface area contributed by atoms with Crippen molar-refractivity contribution in [2.75, 3.05) is 0 Å². The van der Waals surface area contributed by atoms with Crippen LogP contribution in [0.2, 0.25) is 0 Å². The molecule has 0 radical (unpaired) electrons. The SMILES string of the molecule is CC(C)(C)OC(=O)c1ccc2cc(C(=O)O)ccc2c1.CC(C)(O)C(C)(C)O. The van der Waals surface area contributed by atoms with Crippen LogP contribution in [0.3, 0.4) is 0 Å². The van der Waals surface area contributed by atoms with Gasteiger partial charge in [-0.15, -0.1) is 0 Å². The highest BCUT2D eigenvalue weighted by atomic mass is 16.6. The summed E-state index contributed by atoms with van der Waals surface area (Å²) in [6, 6.07) is 9.85. The van der Waals surface area contributed by atoms with E-state index in [4.69, 9.17) is 20.1 Å². The molecule has 154 valence electrons. The summed E-state index contributed by atoms with van der Waals surface area (Å²) in [5.74, 6) is -1.36. The van der Waals surface area contributed by atoms with Crippen LogP contribution in [-0.4, -0.2) is 44.1 Å². The second-order valence-electron chi connectivity index (χ2n) is 8.70. The monoisotopic (exact) mass is 390 g/mol. The summed E-state index contributed by atoms with van der Waals surface area (Å²) in [5, 5.41) is 28.7. The third-order valence-corrected chi connectivity index (χ3v) is 4.22. The van der Waals surface area contributed by atoms with Gasteiger partial charge in [-0.25, -0.2) is 9.59 Å². The smallest absolute Gasteiger partial charge is 0.338 e. The van der Waals surface area contributed by atoms with E-state index >= 15 is 0 Å². The molecular weight excluding hydrogens is 360 g/mol. The van der Waals surface area contributed by atoms with Crippen LogP contribution in [0.1, 0.15) is 69.2 Å². The standard InChI is InChI=1S/C16H16O4.C6H14O2/c1-16(2,3)20-15(19)13-7-5-10-8-12(14(17)18)6-4-11(10)9-13;1-5(2,7)6(3,4)8/h4-9H,1-3H3,(H,17,18);7-8H,1-4H3. The maximum Gasteiger partial charge on any atom is 0.338 e. The van der Waals surface area contributed by atoms with Gasteiger partial charge in [0.15, 0.2) is 0 Å². The molecule has 0 saturated carbocycles. The zero-order valence-corrected chi connectivity index (χ0v) is 17.5. The highest BCUT2D eigenvalue weighted by molar-refractivity contribution is 5.98. The summed E-state index contributed by atoms with van der Waals surface area (Å²) in [7, 11) is 0. The lowest BCUT2D eigenvalue weighted by atomic mass is 9.90. The second kappa shape index (κ2) is 8.29. The van der Waals surface area contributed by atoms with Gasteiger partial charge in [0.05, 0.1) is 22.3 Å². The van der Waals surface area contributed by atoms with E-state index in [1.165, 1.54) is 6.07 Å². The molecule has 0 aliphatic rings. The molecule has 6 nitrogen and oxygen atoms in total. The van der Waals surface area contributed by atoms with Crippen molar-refractivity contribution in [2.45, 2.75) is 65.3 Å². The van der Waals surface area contributed by atoms with Crippen molar-refractivity contribution >= 4 is 22.7 Å². The molecule has 0 spiro atoms. The largest absolute Gasteiger partial charge is 0.478 e. The van der Waals surface area contributed by atoms with Crippen molar-refractivity contribution in [1.29, 1.82) is 0 Å². The van der Waals surface area contributed by atoms with Crippen molar-refractivity contribution in [2.24, 2.45) is 0 Å². The Hall–Kier alpha value is -2.44. The molecule has 3 N–H and O–H groups in total. The van der Waals surface area contributed by atoms with Crippen LogP contribution in [-0.2, 0) is 4.74 Å². The van der Waals surface area contributed by atoms with Gasteiger partial charge in [-0.2, -0.15) is 0 Å². The minimum atomic E-state index is -1.01. The van der Waals surface area contributed by atoms with Crippen LogP contribution in [0.15, 0.2) is 36.4 Å². The Morgan fingerprint density at radius 2 is 1.14 bits per heavy atom. The number of carbonyl (C=O) groups is 2. The van der Waals surface area contributed by atoms with E-state index < -0.39 is 22.8 Å². The first kappa shape index (κ1) is 23.6. The van der Waals surface area contributed by atoms with E-state index in [9.17, 15) is 9.59 Å². The second-order valence-corrected chi connectivity index (χ2v) is 8.70. The Morgan fingerprint density at radius 3 is 1.50 bits per heavy atom. The number of carboxylic acid groups (broad SMARTS) is 1. The predicted molar refractivity (Wildman–Crippen MR) is 109 cm³/mol. The summed E-state index contributed by atoms with van der Waals surface area (Å²) >= 11 is 0. The molecular formula is C22H30O6. The van der Waals surface area contributed by atoms with Crippen LogP contribution in [0.5, 0.6) is 0 Å². The molecule has 0 saturated heterocycles. The quantitative estimate of drug-likeness (QED) is 0.684. The Kier molecular flexibility index (Phi) is 6.98. The average Bonchev–Trinajstić information content (AvgIpc) is 2.50. The molecule has 0 fully saturated rings. The summed E-state index contributed by atoms with van der Waals surface area (Å²) in [5.41, 5.74) is -1.88. The number of carboxylic acids is 1. The lowest BCUT2D eigenvalue weighted by molar-refractivity contribution is -0.107. The van der Waals surface area contributed by atoms with E-state index in [1.807, 2.05) is 20.8 Å². The first-order valence-electron chi connectivity index (χ1n) is 8.96. The molecule has 28 heavy (non-hydrogen) atoms. The van der Waals surface area contributed by atoms with E-state index in [-0.39, 0.29) is 11.5 Å². The number of hydrogen-bond donors (Lipinski definition) is 3. The van der Waals surface area contributed by atoms with Crippen molar-refractivity contribution < 1.29 is 29.6 Å². The third kappa shape index (κ3) is 6.94. The first-order valence-corrected chi connectivity index (χ1v) is 8.96. The molecule has 0 heterocycles. The summed E-state index contributed by atoms with van der Waals surface area (Å²) < 4.78 is 5.30. The zero-order valence-electron chi connectivity index (χ0n) is 17.5. The molecule has 0 atom stereocenters. The molecule has 0 bridgehead atoms. The van der Waals surface area contributed by atoms with Crippen molar-refractivity contribution in [1.82, 2.24) is 0 Å². The van der Waals surface area contributed by atoms with Crippen molar-refractivity contribution in [3.63, 3.8) is 0 Å². The van der Waals surface area contributed by atoms with Crippen LogP contribution in [0, 0.1) is 0 Å². The van der Waals surface area contributed by atoms with E-state index in [1.54, 1.807) is 58.0 Å². The Labute approximate surface area is 165 Å². The molecule has 0 aliphatic heterocycles. The van der Waals surface area contributed by atoms with Crippen molar-refractivity contribution in [3.05, 3.63) is 47.5 Å². The number of rotatable bonds is 3. The predicted octanol–water partition coefficient (Wildman–Crippen LogP) is 4.02. The van der Waals surface area contributed by atoms with Gasteiger partial charge < -0.3 is 20.1 Å². The maximum absolute atomic E-state index is 12.0. The number of ether oxygens (including phenoxy) is 1. The summed E-state index contributed by atoms with van der Waals surface area (Å²) in [4.78, 5) is 22.9. The highest BCUT2D eigenvalue weighted by Crippen LogP contribution is 2.20. The third-order valence-electron chi connectivity index (χ3n) is 4.22. The number of esters is 1. The molecule has 0 aromatic heterocycles. The maximum atomic E-state index is 12.0. The zero-order chi connectivity index (χ0) is 21.9. The lowest BCUT2D eigenvalue weighted by Crippen LogP contribution is -2.44. The van der Waals surface area contributed by atoms with Gasteiger partial charge in [-0.3, -0.25) is 0 Å². The molecule has 6 heteroatoms. The lowest BCUT2D eigenvalue weighted by Gasteiger charge is -2.31. The van der Waals surface area contributed by atoms with Gasteiger partial charge in [0.2, 0.25) is 0 Å².